The summed E-state index contributed by atoms with van der Waals surface area (Å²) in [5.41, 5.74) is 1.00. The van der Waals surface area contributed by atoms with Crippen LogP contribution in [-0.2, 0) is 20.7 Å². The van der Waals surface area contributed by atoms with Crippen molar-refractivity contribution in [3.8, 4) is 0 Å². The van der Waals surface area contributed by atoms with E-state index >= 15 is 0 Å². The summed E-state index contributed by atoms with van der Waals surface area (Å²) in [6.07, 6.45) is 0.0854. The summed E-state index contributed by atoms with van der Waals surface area (Å²) in [6.45, 7) is 4.54. The van der Waals surface area contributed by atoms with Crippen LogP contribution in [-0.4, -0.2) is 62.1 Å². The van der Waals surface area contributed by atoms with Gasteiger partial charge in [0.15, 0.2) is 0 Å². The highest BCUT2D eigenvalue weighted by Crippen LogP contribution is 2.32. The van der Waals surface area contributed by atoms with E-state index in [2.05, 4.69) is 16.0 Å². The number of rotatable bonds is 9. The van der Waals surface area contributed by atoms with Crippen molar-refractivity contribution in [3.05, 3.63) is 65.2 Å². The Labute approximate surface area is 211 Å². The van der Waals surface area contributed by atoms with Gasteiger partial charge in [-0.3, -0.25) is 9.59 Å². The molecule has 192 valence electrons. The number of carbonyl (C=O) groups excluding carboxylic acids is 2. The number of benzene rings is 2. The lowest BCUT2D eigenvalue weighted by Gasteiger charge is -2.39. The molecule has 0 saturated heterocycles. The van der Waals surface area contributed by atoms with Crippen LogP contribution in [0, 0.1) is 11.6 Å². The first-order chi connectivity index (χ1) is 16.3. The summed E-state index contributed by atoms with van der Waals surface area (Å²) in [6, 6.07) is 8.99. The average Bonchev–Trinajstić information content (AvgIpc) is 2.84. The van der Waals surface area contributed by atoms with Gasteiger partial charge in [-0.05, 0) is 50.6 Å². The molecule has 4 atom stereocenters. The SMILES string of the molecule is CN[C@@H](C)CN[C@H](C(=O)N1CCc2ccccc2[C@H]1C(=O)Nc1c(F)cccc1F)[C@@H](C)OC.Cl. The first-order valence-corrected chi connectivity index (χ1v) is 11.3. The number of anilines is 1. The molecule has 1 aliphatic rings. The largest absolute Gasteiger partial charge is 0.380 e. The topological polar surface area (TPSA) is 82.7 Å². The van der Waals surface area contributed by atoms with Crippen molar-refractivity contribution >= 4 is 29.9 Å². The zero-order valence-electron chi connectivity index (χ0n) is 20.3. The number of hydrogen-bond acceptors (Lipinski definition) is 5. The molecule has 35 heavy (non-hydrogen) atoms. The number of methoxy groups -OCH3 is 1. The van der Waals surface area contributed by atoms with Gasteiger partial charge in [0.1, 0.15) is 29.4 Å². The highest BCUT2D eigenvalue weighted by atomic mass is 35.5. The zero-order chi connectivity index (χ0) is 24.8. The molecule has 3 rings (SSSR count). The molecule has 0 fully saturated rings. The molecule has 2 aromatic carbocycles. The Morgan fingerprint density at radius 3 is 2.40 bits per heavy atom. The fourth-order valence-corrected chi connectivity index (χ4v) is 4.07. The normalized spacial score (nSPS) is 17.5. The Morgan fingerprint density at radius 2 is 1.77 bits per heavy atom. The summed E-state index contributed by atoms with van der Waals surface area (Å²) >= 11 is 0. The van der Waals surface area contributed by atoms with Gasteiger partial charge in [-0.15, -0.1) is 12.4 Å². The average molecular weight is 511 g/mol. The van der Waals surface area contributed by atoms with Crippen molar-refractivity contribution in [1.29, 1.82) is 0 Å². The molecule has 3 N–H and O–H groups in total. The number of fused-ring (bicyclic) bond motifs is 1. The molecule has 10 heteroatoms. The monoisotopic (exact) mass is 510 g/mol. The van der Waals surface area contributed by atoms with Gasteiger partial charge in [0, 0.05) is 26.2 Å². The second-order valence-electron chi connectivity index (χ2n) is 8.49. The number of carbonyl (C=O) groups is 2. The van der Waals surface area contributed by atoms with Crippen molar-refractivity contribution in [2.75, 3.05) is 32.6 Å². The number of hydrogen-bond donors (Lipinski definition) is 3. The van der Waals surface area contributed by atoms with Crippen molar-refractivity contribution in [1.82, 2.24) is 15.5 Å². The van der Waals surface area contributed by atoms with Gasteiger partial charge in [-0.25, -0.2) is 8.78 Å². The first-order valence-electron chi connectivity index (χ1n) is 11.3. The first kappa shape index (κ1) is 28.6. The fraction of sp³-hybridized carbons (Fsp3) is 0.440. The van der Waals surface area contributed by atoms with Gasteiger partial charge >= 0.3 is 0 Å². The van der Waals surface area contributed by atoms with Crippen molar-refractivity contribution in [2.45, 2.75) is 44.5 Å². The highest BCUT2D eigenvalue weighted by Gasteiger charge is 2.40. The van der Waals surface area contributed by atoms with Gasteiger partial charge in [0.25, 0.3) is 5.91 Å². The molecule has 1 heterocycles. The Bertz CT molecular complexity index is 1010. The Kier molecular flexibility index (Phi) is 10.6. The van der Waals surface area contributed by atoms with Crippen LogP contribution >= 0.6 is 12.4 Å². The lowest BCUT2D eigenvalue weighted by atomic mass is 9.91. The molecule has 7 nitrogen and oxygen atoms in total. The number of para-hydroxylation sites is 1. The van der Waals surface area contributed by atoms with Crippen molar-refractivity contribution < 1.29 is 23.1 Å². The highest BCUT2D eigenvalue weighted by molar-refractivity contribution is 5.99. The molecule has 2 aromatic rings. The van der Waals surface area contributed by atoms with E-state index in [4.69, 9.17) is 4.74 Å². The Morgan fingerprint density at radius 1 is 1.11 bits per heavy atom. The van der Waals surface area contributed by atoms with E-state index in [1.807, 2.05) is 26.1 Å². The smallest absolute Gasteiger partial charge is 0.251 e. The number of likely N-dealkylation sites (N-methyl/N-ethyl adjacent to an activating group) is 1. The predicted octanol–water partition coefficient (Wildman–Crippen LogP) is 3.05. The van der Waals surface area contributed by atoms with E-state index in [1.54, 1.807) is 19.1 Å². The standard InChI is InChI=1S/C25H32F2N4O3.ClH/c1-15(28-3)14-29-21(16(2)34-4)25(33)31-13-12-17-8-5-6-9-18(17)23(31)24(32)30-22-19(26)10-7-11-20(22)27;/h5-11,15-16,21,23,28-29H,12-14H2,1-4H3,(H,30,32);1H/t15-,16+,21-,23-;/m0./s1. The molecule has 0 aliphatic carbocycles. The van der Waals surface area contributed by atoms with Crippen LogP contribution in [0.3, 0.4) is 0 Å². The Hall–Kier alpha value is -2.59. The maximum Gasteiger partial charge on any atom is 0.251 e. The minimum atomic E-state index is -1.05. The van der Waals surface area contributed by atoms with Crippen LogP contribution in [0.4, 0.5) is 14.5 Å². The summed E-state index contributed by atoms with van der Waals surface area (Å²) in [4.78, 5) is 28.6. The van der Waals surface area contributed by atoms with Crippen LogP contribution in [0.5, 0.6) is 0 Å². The minimum absolute atomic E-state index is 0. The van der Waals surface area contributed by atoms with Crippen LogP contribution in [0.1, 0.15) is 31.0 Å². The summed E-state index contributed by atoms with van der Waals surface area (Å²) in [5.74, 6) is -2.77. The molecule has 0 spiro atoms. The third-order valence-electron chi connectivity index (χ3n) is 6.27. The third kappa shape index (κ3) is 6.55. The molecule has 0 bridgehead atoms. The molecule has 0 radical (unpaired) electrons. The maximum atomic E-state index is 14.3. The molecule has 2 amide bonds. The van der Waals surface area contributed by atoms with Crippen LogP contribution in [0.2, 0.25) is 0 Å². The maximum absolute atomic E-state index is 14.3. The van der Waals surface area contributed by atoms with Gasteiger partial charge in [0.2, 0.25) is 5.91 Å². The molecule has 0 aromatic heterocycles. The second kappa shape index (κ2) is 12.9. The molecule has 1 aliphatic heterocycles. The van der Waals surface area contributed by atoms with Gasteiger partial charge in [-0.1, -0.05) is 30.3 Å². The number of nitrogens with zero attached hydrogens (tertiary/aromatic N) is 1. The second-order valence-corrected chi connectivity index (χ2v) is 8.49. The summed E-state index contributed by atoms with van der Waals surface area (Å²) < 4.78 is 34.0. The van der Waals surface area contributed by atoms with Crippen LogP contribution in [0.15, 0.2) is 42.5 Å². The van der Waals surface area contributed by atoms with E-state index in [0.717, 1.165) is 17.7 Å². The summed E-state index contributed by atoms with van der Waals surface area (Å²) in [7, 11) is 3.34. The number of halogens is 3. The summed E-state index contributed by atoms with van der Waals surface area (Å²) in [5, 5.41) is 8.72. The number of nitrogens with one attached hydrogen (secondary N) is 3. The molecule has 0 saturated carbocycles. The van der Waals surface area contributed by atoms with E-state index in [9.17, 15) is 18.4 Å². The molecular weight excluding hydrogens is 478 g/mol. The number of amides is 2. The lowest BCUT2D eigenvalue weighted by molar-refractivity contribution is -0.144. The molecule has 0 unspecified atom stereocenters. The predicted molar refractivity (Wildman–Crippen MR) is 134 cm³/mol. The van der Waals surface area contributed by atoms with E-state index in [0.29, 0.717) is 18.5 Å². The van der Waals surface area contributed by atoms with E-state index < -0.39 is 41.4 Å². The van der Waals surface area contributed by atoms with Gasteiger partial charge in [0.05, 0.1) is 6.10 Å². The Balaban J connectivity index is 0.00000432. The van der Waals surface area contributed by atoms with Gasteiger partial charge in [-0.2, -0.15) is 0 Å². The van der Waals surface area contributed by atoms with Crippen molar-refractivity contribution in [2.24, 2.45) is 0 Å². The minimum Gasteiger partial charge on any atom is -0.380 e. The number of ether oxygens (including phenoxy) is 1. The van der Waals surface area contributed by atoms with E-state index in [-0.39, 0.29) is 30.9 Å². The quantitative estimate of drug-likeness (QED) is 0.483. The third-order valence-corrected chi connectivity index (χ3v) is 6.27. The van der Waals surface area contributed by atoms with E-state index in [1.165, 1.54) is 18.1 Å². The zero-order valence-corrected chi connectivity index (χ0v) is 21.1. The van der Waals surface area contributed by atoms with Crippen molar-refractivity contribution in [3.63, 3.8) is 0 Å². The van der Waals surface area contributed by atoms with Gasteiger partial charge < -0.3 is 25.6 Å². The lowest BCUT2D eigenvalue weighted by Crippen LogP contribution is -2.57. The molecular formula is C25H33ClF2N4O3. The van der Waals surface area contributed by atoms with Crippen LogP contribution < -0.4 is 16.0 Å². The van der Waals surface area contributed by atoms with Crippen LogP contribution in [0.25, 0.3) is 0 Å². The fourth-order valence-electron chi connectivity index (χ4n) is 4.07.